The fourth-order valence-electron chi connectivity index (χ4n) is 1.78. The lowest BCUT2D eigenvalue weighted by Gasteiger charge is -2.24. The van der Waals surface area contributed by atoms with Crippen LogP contribution in [0, 0.1) is 17.8 Å². The lowest BCUT2D eigenvalue weighted by molar-refractivity contribution is 0.0677. The molecule has 0 bridgehead atoms. The van der Waals surface area contributed by atoms with Gasteiger partial charge in [0.05, 0.1) is 13.2 Å². The van der Waals surface area contributed by atoms with Gasteiger partial charge in [-0.05, 0) is 17.4 Å². The summed E-state index contributed by atoms with van der Waals surface area (Å²) in [7, 11) is 1.64. The number of nitrogens with zero attached hydrogens (tertiary/aromatic N) is 1. The molecule has 1 aromatic rings. The predicted octanol–water partition coefficient (Wildman–Crippen LogP) is 1.80. The van der Waals surface area contributed by atoms with E-state index in [9.17, 15) is 4.79 Å². The minimum atomic E-state index is 0.0204. The van der Waals surface area contributed by atoms with Crippen molar-refractivity contribution >= 4 is 17.2 Å². The molecule has 1 aromatic heterocycles. The van der Waals surface area contributed by atoms with Gasteiger partial charge in [0.2, 0.25) is 0 Å². The number of rotatable bonds is 6. The van der Waals surface area contributed by atoms with Gasteiger partial charge in [-0.1, -0.05) is 25.7 Å². The van der Waals surface area contributed by atoms with E-state index in [-0.39, 0.29) is 5.91 Å². The van der Waals surface area contributed by atoms with Crippen LogP contribution in [0.15, 0.2) is 11.4 Å². The van der Waals surface area contributed by atoms with Crippen LogP contribution in [-0.2, 0) is 4.74 Å². The van der Waals surface area contributed by atoms with Gasteiger partial charge >= 0.3 is 0 Å². The van der Waals surface area contributed by atoms with E-state index in [2.05, 4.69) is 25.7 Å². The molecular weight excluding hydrogens is 272 g/mol. The summed E-state index contributed by atoms with van der Waals surface area (Å²) in [6, 6.07) is 1.87. The number of methoxy groups -OCH3 is 1. The van der Waals surface area contributed by atoms with Gasteiger partial charge in [0.1, 0.15) is 4.88 Å². The number of nitrogens with two attached hydrogens (primary N) is 1. The second kappa shape index (κ2) is 8.75. The topological polar surface area (TPSA) is 55.6 Å². The van der Waals surface area contributed by atoms with Crippen LogP contribution in [0.1, 0.15) is 29.1 Å². The molecule has 0 aliphatic rings. The molecule has 1 amide bonds. The van der Waals surface area contributed by atoms with Crippen molar-refractivity contribution < 1.29 is 9.53 Å². The van der Waals surface area contributed by atoms with Crippen molar-refractivity contribution in [2.24, 2.45) is 11.7 Å². The molecule has 0 fully saturated rings. The predicted molar refractivity (Wildman–Crippen MR) is 82.9 cm³/mol. The third-order valence-electron chi connectivity index (χ3n) is 2.62. The number of carbonyl (C=O) groups is 1. The second-order valence-electron chi connectivity index (χ2n) is 4.81. The minimum absolute atomic E-state index is 0.0204. The molecule has 1 heterocycles. The van der Waals surface area contributed by atoms with Crippen molar-refractivity contribution in [3.05, 3.63) is 21.9 Å². The molecule has 1 rings (SSSR count). The van der Waals surface area contributed by atoms with Crippen molar-refractivity contribution in [3.63, 3.8) is 0 Å². The highest BCUT2D eigenvalue weighted by Gasteiger charge is 2.20. The van der Waals surface area contributed by atoms with Crippen LogP contribution in [-0.4, -0.2) is 44.2 Å². The molecule has 20 heavy (non-hydrogen) atoms. The molecule has 0 aromatic carbocycles. The summed E-state index contributed by atoms with van der Waals surface area (Å²) in [5.74, 6) is 6.18. The molecule has 0 saturated carbocycles. The Hall–Kier alpha value is -1.35. The number of ether oxygens (including phenoxy) is 1. The monoisotopic (exact) mass is 294 g/mol. The maximum Gasteiger partial charge on any atom is 0.265 e. The molecule has 0 spiro atoms. The Morgan fingerprint density at radius 2 is 2.30 bits per heavy atom. The van der Waals surface area contributed by atoms with Crippen LogP contribution in [0.2, 0.25) is 0 Å². The van der Waals surface area contributed by atoms with Gasteiger partial charge in [0.15, 0.2) is 0 Å². The highest BCUT2D eigenvalue weighted by atomic mass is 32.1. The molecular formula is C15H22N2O2S. The zero-order valence-electron chi connectivity index (χ0n) is 12.3. The number of thiophene rings is 1. The summed E-state index contributed by atoms with van der Waals surface area (Å²) < 4.78 is 5.08. The van der Waals surface area contributed by atoms with Crippen molar-refractivity contribution in [2.75, 3.05) is 33.4 Å². The standard InChI is InChI=1S/C15H22N2O2S/c1-12(2)11-17(8-9-19-3)15(18)14-13(5-4-7-16)6-10-20-14/h6,10,12H,7-9,11,16H2,1-3H3. The normalized spacial score (nSPS) is 10.2. The Morgan fingerprint density at radius 1 is 1.55 bits per heavy atom. The SMILES string of the molecule is COCCN(CC(C)C)C(=O)c1sccc1C#CCN. The lowest BCUT2D eigenvalue weighted by atomic mass is 10.2. The summed E-state index contributed by atoms with van der Waals surface area (Å²) in [6.07, 6.45) is 0. The van der Waals surface area contributed by atoms with Crippen LogP contribution < -0.4 is 5.73 Å². The van der Waals surface area contributed by atoms with E-state index >= 15 is 0 Å². The van der Waals surface area contributed by atoms with Crippen LogP contribution in [0.5, 0.6) is 0 Å². The van der Waals surface area contributed by atoms with Gasteiger partial charge in [-0.2, -0.15) is 0 Å². The molecule has 0 atom stereocenters. The first kappa shape index (κ1) is 16.7. The highest BCUT2D eigenvalue weighted by molar-refractivity contribution is 7.12. The van der Waals surface area contributed by atoms with Crippen molar-refractivity contribution in [3.8, 4) is 11.8 Å². The van der Waals surface area contributed by atoms with Gasteiger partial charge < -0.3 is 15.4 Å². The Kier molecular flexibility index (Phi) is 7.31. The molecule has 110 valence electrons. The van der Waals surface area contributed by atoms with Gasteiger partial charge in [-0.15, -0.1) is 11.3 Å². The van der Waals surface area contributed by atoms with Crippen molar-refractivity contribution in [1.29, 1.82) is 0 Å². The lowest BCUT2D eigenvalue weighted by Crippen LogP contribution is -2.36. The van der Waals surface area contributed by atoms with Gasteiger partial charge in [0.25, 0.3) is 5.91 Å². The fraction of sp³-hybridized carbons (Fsp3) is 0.533. The second-order valence-corrected chi connectivity index (χ2v) is 5.72. The van der Waals surface area contributed by atoms with E-state index in [1.54, 1.807) is 7.11 Å². The maximum atomic E-state index is 12.6. The van der Waals surface area contributed by atoms with E-state index in [0.29, 0.717) is 37.0 Å². The Bertz CT molecular complexity index is 486. The highest BCUT2D eigenvalue weighted by Crippen LogP contribution is 2.19. The number of hydrogen-bond acceptors (Lipinski definition) is 4. The summed E-state index contributed by atoms with van der Waals surface area (Å²) in [5.41, 5.74) is 6.14. The van der Waals surface area contributed by atoms with E-state index in [1.807, 2.05) is 16.3 Å². The number of hydrogen-bond donors (Lipinski definition) is 1. The van der Waals surface area contributed by atoms with E-state index in [0.717, 1.165) is 5.56 Å². The Balaban J connectivity index is 2.90. The first-order valence-electron chi connectivity index (χ1n) is 6.64. The fourth-order valence-corrected chi connectivity index (χ4v) is 2.60. The summed E-state index contributed by atoms with van der Waals surface area (Å²) >= 11 is 1.42. The average Bonchev–Trinajstić information content (AvgIpc) is 2.88. The van der Waals surface area contributed by atoms with Crippen molar-refractivity contribution in [2.45, 2.75) is 13.8 Å². The molecule has 5 heteroatoms. The van der Waals surface area contributed by atoms with E-state index in [4.69, 9.17) is 10.5 Å². The quantitative estimate of drug-likeness (QED) is 0.814. The molecule has 0 radical (unpaired) electrons. The third-order valence-corrected chi connectivity index (χ3v) is 3.53. The van der Waals surface area contributed by atoms with Crippen LogP contribution in [0.25, 0.3) is 0 Å². The largest absolute Gasteiger partial charge is 0.383 e. The van der Waals surface area contributed by atoms with Gasteiger partial charge in [-0.3, -0.25) is 4.79 Å². The molecule has 0 saturated heterocycles. The first-order chi connectivity index (χ1) is 9.60. The molecule has 0 aliphatic heterocycles. The van der Waals surface area contributed by atoms with E-state index < -0.39 is 0 Å². The zero-order valence-corrected chi connectivity index (χ0v) is 13.1. The van der Waals surface area contributed by atoms with Crippen LogP contribution in [0.4, 0.5) is 0 Å². The molecule has 4 nitrogen and oxygen atoms in total. The van der Waals surface area contributed by atoms with Crippen molar-refractivity contribution in [1.82, 2.24) is 4.90 Å². The van der Waals surface area contributed by atoms with Crippen LogP contribution >= 0.6 is 11.3 Å². The number of amides is 1. The zero-order chi connectivity index (χ0) is 15.0. The van der Waals surface area contributed by atoms with Crippen LogP contribution in [0.3, 0.4) is 0 Å². The summed E-state index contributed by atoms with van der Waals surface area (Å²) in [4.78, 5) is 15.1. The summed E-state index contributed by atoms with van der Waals surface area (Å²) in [6.45, 7) is 6.32. The van der Waals surface area contributed by atoms with Gasteiger partial charge in [0, 0.05) is 25.8 Å². The first-order valence-corrected chi connectivity index (χ1v) is 7.52. The Labute approximate surface area is 124 Å². The molecule has 2 N–H and O–H groups in total. The summed E-state index contributed by atoms with van der Waals surface area (Å²) in [5, 5.41) is 1.89. The Morgan fingerprint density at radius 3 is 2.90 bits per heavy atom. The third kappa shape index (κ3) is 4.97. The average molecular weight is 294 g/mol. The van der Waals surface area contributed by atoms with E-state index in [1.165, 1.54) is 11.3 Å². The molecule has 0 aliphatic carbocycles. The maximum absolute atomic E-state index is 12.6. The molecule has 0 unspecified atom stereocenters. The smallest absolute Gasteiger partial charge is 0.265 e. The minimum Gasteiger partial charge on any atom is -0.383 e. The number of carbonyl (C=O) groups excluding carboxylic acids is 1. The van der Waals surface area contributed by atoms with Gasteiger partial charge in [-0.25, -0.2) is 0 Å².